The Kier molecular flexibility index (Phi) is 9.71. The second kappa shape index (κ2) is 5.88. The fourth-order valence-electron chi connectivity index (χ4n) is 0.119. The van der Waals surface area contributed by atoms with Crippen molar-refractivity contribution >= 4 is 69.2 Å². The minimum absolute atomic E-state index is 0. The first kappa shape index (κ1) is 18.2. The van der Waals surface area contributed by atoms with Crippen molar-refractivity contribution in [3.05, 3.63) is 0 Å². The van der Waals surface area contributed by atoms with Crippen molar-refractivity contribution < 1.29 is 24.6 Å². The normalized spacial score (nSPS) is 11.1. The van der Waals surface area contributed by atoms with Crippen LogP contribution in [0.2, 0.25) is 0 Å². The van der Waals surface area contributed by atoms with E-state index in [-0.39, 0.29) is 52.5 Å². The van der Waals surface area contributed by atoms with E-state index in [2.05, 4.69) is 0 Å². The van der Waals surface area contributed by atoms with Gasteiger partial charge in [0.2, 0.25) is 0 Å². The van der Waals surface area contributed by atoms with E-state index in [1.165, 1.54) is 0 Å². The van der Waals surface area contributed by atoms with Crippen LogP contribution < -0.4 is 4.13 Å². The number of rotatable bonds is 2. The molecule has 0 saturated carbocycles. The van der Waals surface area contributed by atoms with Gasteiger partial charge in [0.15, 0.2) is 0 Å². The van der Waals surface area contributed by atoms with Gasteiger partial charge in [0.1, 0.15) is 0 Å². The van der Waals surface area contributed by atoms with Crippen molar-refractivity contribution in [2.24, 2.45) is 0 Å². The third kappa shape index (κ3) is 18.3. The van der Waals surface area contributed by atoms with Crippen LogP contribution in [-0.4, -0.2) is 65.3 Å². The molecule has 0 aromatic heterocycles. The zero-order chi connectivity index (χ0) is 7.71. The number of halogens is 2. The second-order valence-corrected chi connectivity index (χ2v) is 3.38. The average Bonchev–Trinajstić information content (AvgIpc) is 1.14. The summed E-state index contributed by atoms with van der Waals surface area (Å²) < 4.78 is 59.3. The van der Waals surface area contributed by atoms with Crippen LogP contribution in [0.3, 0.4) is 0 Å². The molecule has 0 unspecified atom stereocenters. The Labute approximate surface area is 97.1 Å². The summed E-state index contributed by atoms with van der Waals surface area (Å²) in [5, 5.41) is 0. The number of hydrogen-bond acceptors (Lipinski definition) is 4. The molecule has 0 atom stereocenters. The van der Waals surface area contributed by atoms with Gasteiger partial charge in [-0.2, -0.15) is 16.8 Å². The van der Waals surface area contributed by atoms with Gasteiger partial charge in [0.05, 0.1) is 0 Å². The molecule has 0 aliphatic carbocycles. The number of nitrogens with one attached hydrogen (secondary N) is 1. The molecule has 0 radical (unpaired) electrons. The van der Waals surface area contributed by atoms with Gasteiger partial charge in [0.25, 0.3) is 0 Å². The number of hydrogen-bond donors (Lipinski definition) is 1. The molecule has 0 heterocycles. The molecule has 0 amide bonds. The third-order valence-corrected chi connectivity index (χ3v) is 1.79. The van der Waals surface area contributed by atoms with Crippen molar-refractivity contribution in [3.8, 4) is 0 Å². The monoisotopic (exact) mass is 213 g/mol. The van der Waals surface area contributed by atoms with Crippen LogP contribution in [0.5, 0.6) is 0 Å². The van der Waals surface area contributed by atoms with Crippen LogP contribution in [0.4, 0.5) is 7.77 Å². The predicted molar refractivity (Wildman–Crippen MR) is 37.5 cm³/mol. The molecule has 0 aromatic carbocycles. The van der Waals surface area contributed by atoms with E-state index in [0.717, 1.165) is 0 Å². The Balaban J connectivity index is -0.000000320. The van der Waals surface area contributed by atoms with Crippen LogP contribution in [0.25, 0.3) is 0 Å². The van der Waals surface area contributed by atoms with E-state index < -0.39 is 20.8 Å². The summed E-state index contributed by atoms with van der Waals surface area (Å²) in [4.78, 5) is 0. The van der Waals surface area contributed by atoms with Gasteiger partial charge in [-0.25, -0.2) is 0 Å². The minimum atomic E-state index is -5.49. The Morgan fingerprint density at radius 1 is 0.909 bits per heavy atom. The summed E-state index contributed by atoms with van der Waals surface area (Å²) in [6.07, 6.45) is 0. The predicted octanol–water partition coefficient (Wildman–Crippen LogP) is -2.29. The van der Waals surface area contributed by atoms with Crippen molar-refractivity contribution in [2.75, 3.05) is 0 Å². The van der Waals surface area contributed by atoms with Gasteiger partial charge in [-0.1, -0.05) is 11.9 Å². The van der Waals surface area contributed by atoms with Crippen LogP contribution in [0, 0.1) is 0 Å². The Bertz CT molecular complexity index is 251. The third-order valence-electron chi connectivity index (χ3n) is 0.199. The van der Waals surface area contributed by atoms with Gasteiger partial charge in [-0.15, -0.1) is 0 Å². The van der Waals surface area contributed by atoms with Gasteiger partial charge < -0.3 is 0 Å². The van der Waals surface area contributed by atoms with Gasteiger partial charge in [-0.05, 0) is 0 Å². The molecule has 0 saturated heterocycles. The first-order valence-electron chi connectivity index (χ1n) is 1.38. The van der Waals surface area contributed by atoms with Gasteiger partial charge >= 0.3 is 69.2 Å². The maximum atomic E-state index is 11.1. The van der Waals surface area contributed by atoms with E-state index in [1.807, 2.05) is 0 Å². The van der Waals surface area contributed by atoms with Crippen molar-refractivity contribution in [1.29, 1.82) is 0 Å². The molecule has 0 bridgehead atoms. The molecule has 0 aliphatic heterocycles. The summed E-state index contributed by atoms with van der Waals surface area (Å²) in [6.45, 7) is 0. The quantitative estimate of drug-likeness (QED) is 0.413. The molecule has 60 valence electrons. The molecule has 11 heteroatoms. The second-order valence-electron chi connectivity index (χ2n) is 0.959. The van der Waals surface area contributed by atoms with Crippen LogP contribution >= 0.6 is 0 Å². The van der Waals surface area contributed by atoms with E-state index >= 15 is 0 Å². The molecule has 0 aliphatic rings. The molecular formula is H3F2LiNNaO4S2. The summed E-state index contributed by atoms with van der Waals surface area (Å²) in [5.74, 6) is 0. The zero-order valence-electron chi connectivity index (χ0n) is 3.71. The molecule has 5 nitrogen and oxygen atoms in total. The summed E-state index contributed by atoms with van der Waals surface area (Å²) >= 11 is 0. The first-order valence-corrected chi connectivity index (χ1v) is 4.15. The fourth-order valence-corrected chi connectivity index (χ4v) is 1.07. The Morgan fingerprint density at radius 2 is 1.09 bits per heavy atom. The van der Waals surface area contributed by atoms with Crippen molar-refractivity contribution in [1.82, 2.24) is 4.13 Å². The Hall–Kier alpha value is 1.32. The fraction of sp³-hybridized carbons (Fsp3) is 0. The van der Waals surface area contributed by atoms with E-state index in [1.54, 1.807) is 0 Å². The summed E-state index contributed by atoms with van der Waals surface area (Å²) in [5.41, 5.74) is 0. The van der Waals surface area contributed by atoms with E-state index in [9.17, 15) is 24.6 Å². The molecular weight excluding hydrogens is 210 g/mol. The van der Waals surface area contributed by atoms with Crippen molar-refractivity contribution in [2.45, 2.75) is 0 Å². The Morgan fingerprint density at radius 3 is 1.09 bits per heavy atom. The van der Waals surface area contributed by atoms with Gasteiger partial charge in [-0.3, -0.25) is 0 Å². The molecule has 11 heavy (non-hydrogen) atoms. The van der Waals surface area contributed by atoms with Crippen molar-refractivity contribution in [3.63, 3.8) is 0 Å². The summed E-state index contributed by atoms with van der Waals surface area (Å²) in [6, 6.07) is 0. The average molecular weight is 213 g/mol. The standard InChI is InChI=1S/F2HNO4S2.Li.Na.2H/c1-8(4,5)3-9(2,6)7;;;;/h3H;;;;. The topological polar surface area (TPSA) is 80.3 Å². The van der Waals surface area contributed by atoms with Crippen LogP contribution in [-0.2, 0) is 20.8 Å². The molecule has 0 aromatic rings. The molecule has 0 spiro atoms. The molecule has 1 N–H and O–H groups in total. The first-order chi connectivity index (χ1) is 3.71. The molecule has 0 rings (SSSR count). The maximum absolute atomic E-state index is 11.1. The van der Waals surface area contributed by atoms with E-state index in [4.69, 9.17) is 0 Å². The van der Waals surface area contributed by atoms with Crippen LogP contribution in [0.15, 0.2) is 0 Å². The van der Waals surface area contributed by atoms with Gasteiger partial charge in [0, 0.05) is 0 Å². The summed E-state index contributed by atoms with van der Waals surface area (Å²) in [7, 11) is -11.0. The zero-order valence-corrected chi connectivity index (χ0v) is 5.34. The SMILES string of the molecule is O=S(=O)(F)NS(=O)(=O)F.[LiH].[NaH]. The van der Waals surface area contributed by atoms with Crippen LogP contribution in [0.1, 0.15) is 0 Å². The molecule has 0 fully saturated rings. The van der Waals surface area contributed by atoms with E-state index in [0.29, 0.717) is 0 Å².